The molecule has 0 rings (SSSR count). The minimum atomic E-state index is 1.64. The van der Waals surface area contributed by atoms with E-state index in [1.54, 1.807) is 30.4 Å². The Hall–Kier alpha value is -1.30. The van der Waals surface area contributed by atoms with Crippen LogP contribution < -0.4 is 0 Å². The summed E-state index contributed by atoms with van der Waals surface area (Å²) in [7, 11) is 0. The van der Waals surface area contributed by atoms with Gasteiger partial charge in [-0.05, 0) is 20.8 Å². The van der Waals surface area contributed by atoms with Crippen molar-refractivity contribution in [3.63, 3.8) is 0 Å². The summed E-state index contributed by atoms with van der Waals surface area (Å²) in [6, 6.07) is 0. The van der Waals surface area contributed by atoms with E-state index < -0.39 is 0 Å². The number of hydrogen-bond donors (Lipinski definition) is 0. The van der Waals surface area contributed by atoms with Gasteiger partial charge in [-0.3, -0.25) is 0 Å². The van der Waals surface area contributed by atoms with Gasteiger partial charge in [0.05, 0.1) is 0 Å². The quantitative estimate of drug-likeness (QED) is 0.396. The molecule has 0 aliphatic heterocycles. The SMILES string of the molecule is C=CC.C=CC.C=CC.C=CC=C. The molecule has 0 radical (unpaired) electrons. The van der Waals surface area contributed by atoms with Crippen molar-refractivity contribution in [3.05, 3.63) is 63.3 Å². The van der Waals surface area contributed by atoms with Crippen LogP contribution in [0.2, 0.25) is 0 Å². The van der Waals surface area contributed by atoms with Crippen LogP contribution in [0.3, 0.4) is 0 Å². The summed E-state index contributed by atoms with van der Waals surface area (Å²) in [6.45, 7) is 22.5. The van der Waals surface area contributed by atoms with Crippen LogP contribution in [0.15, 0.2) is 63.3 Å². The molecule has 0 spiro atoms. The third-order valence-electron chi connectivity index (χ3n) is 0.167. The van der Waals surface area contributed by atoms with Gasteiger partial charge in [-0.15, -0.1) is 19.7 Å². The monoisotopic (exact) mass is 180 g/mol. The summed E-state index contributed by atoms with van der Waals surface area (Å²) >= 11 is 0. The fraction of sp³-hybridized carbons (Fsp3) is 0.231. The van der Waals surface area contributed by atoms with E-state index in [2.05, 4.69) is 32.9 Å². The first kappa shape index (κ1) is 22.6. The van der Waals surface area contributed by atoms with Crippen molar-refractivity contribution >= 4 is 0 Å². The summed E-state index contributed by atoms with van der Waals surface area (Å²) in [5, 5.41) is 0. The summed E-state index contributed by atoms with van der Waals surface area (Å²) in [5.74, 6) is 0. The molecular formula is C13H24. The van der Waals surface area contributed by atoms with E-state index in [9.17, 15) is 0 Å². The van der Waals surface area contributed by atoms with Crippen LogP contribution in [0, 0.1) is 0 Å². The van der Waals surface area contributed by atoms with Gasteiger partial charge in [0.25, 0.3) is 0 Å². The molecule has 13 heavy (non-hydrogen) atoms. The van der Waals surface area contributed by atoms with Crippen molar-refractivity contribution in [2.75, 3.05) is 0 Å². The molecule has 0 atom stereocenters. The highest BCUT2D eigenvalue weighted by Gasteiger charge is 1.29. The molecule has 0 saturated heterocycles. The summed E-state index contributed by atoms with van der Waals surface area (Å²) < 4.78 is 0. The van der Waals surface area contributed by atoms with E-state index in [0.29, 0.717) is 0 Å². The van der Waals surface area contributed by atoms with Crippen LogP contribution in [0.25, 0.3) is 0 Å². The highest BCUT2D eigenvalue weighted by Crippen LogP contribution is 1.52. The predicted octanol–water partition coefficient (Wildman–Crippen LogP) is 4.94. The highest BCUT2D eigenvalue weighted by atomic mass is 13.4. The minimum absolute atomic E-state index is 1.64. The van der Waals surface area contributed by atoms with Gasteiger partial charge in [-0.1, -0.05) is 43.5 Å². The van der Waals surface area contributed by atoms with E-state index in [-0.39, 0.29) is 0 Å². The number of hydrogen-bond acceptors (Lipinski definition) is 0. The van der Waals surface area contributed by atoms with Crippen molar-refractivity contribution < 1.29 is 0 Å². The average Bonchev–Trinajstić information content (AvgIpc) is 2.08. The van der Waals surface area contributed by atoms with Crippen LogP contribution in [0.1, 0.15) is 20.8 Å². The molecule has 0 aliphatic carbocycles. The first-order chi connectivity index (χ1) is 6.16. The Labute approximate surface area is 84.7 Å². The largest absolute Gasteiger partial charge is 0.103 e. The zero-order chi connectivity index (χ0) is 11.5. The lowest BCUT2D eigenvalue weighted by atomic mass is 10.6. The first-order valence-electron chi connectivity index (χ1n) is 4.11. The second-order valence-electron chi connectivity index (χ2n) is 1.70. The van der Waals surface area contributed by atoms with E-state index >= 15 is 0 Å². The summed E-state index contributed by atoms with van der Waals surface area (Å²) in [4.78, 5) is 0. The minimum Gasteiger partial charge on any atom is -0.103 e. The second-order valence-corrected chi connectivity index (χ2v) is 1.70. The molecule has 0 saturated carbocycles. The van der Waals surface area contributed by atoms with Crippen LogP contribution >= 0.6 is 0 Å². The van der Waals surface area contributed by atoms with E-state index in [1.807, 2.05) is 20.8 Å². The molecular weight excluding hydrogens is 156 g/mol. The normalized spacial score (nSPS) is 4.54. The maximum Gasteiger partial charge on any atom is -0.0473 e. The maximum absolute atomic E-state index is 3.36. The third kappa shape index (κ3) is 9000. The van der Waals surface area contributed by atoms with Gasteiger partial charge in [0.1, 0.15) is 0 Å². The molecule has 0 heterocycles. The van der Waals surface area contributed by atoms with Crippen LogP contribution in [-0.2, 0) is 0 Å². The summed E-state index contributed by atoms with van der Waals surface area (Å²) in [6.07, 6.45) is 8.53. The Morgan fingerprint density at radius 3 is 0.615 bits per heavy atom. The average molecular weight is 180 g/mol. The Kier molecular flexibility index (Phi) is 128. The molecule has 0 aliphatic rings. The Morgan fingerprint density at radius 2 is 0.615 bits per heavy atom. The lowest BCUT2D eigenvalue weighted by Gasteiger charge is -1.44. The van der Waals surface area contributed by atoms with Crippen molar-refractivity contribution in [1.29, 1.82) is 0 Å². The molecule has 76 valence electrons. The molecule has 0 fully saturated rings. The molecule has 0 heteroatoms. The Balaban J connectivity index is -0.0000000420. The van der Waals surface area contributed by atoms with Crippen LogP contribution in [0.4, 0.5) is 0 Å². The zero-order valence-electron chi connectivity index (χ0n) is 9.42. The van der Waals surface area contributed by atoms with E-state index in [4.69, 9.17) is 0 Å². The van der Waals surface area contributed by atoms with Gasteiger partial charge in [0.2, 0.25) is 0 Å². The van der Waals surface area contributed by atoms with Crippen molar-refractivity contribution in [2.45, 2.75) is 20.8 Å². The fourth-order valence-corrected chi connectivity index (χ4v) is 0. The topological polar surface area (TPSA) is 0 Å². The maximum atomic E-state index is 3.36. The van der Waals surface area contributed by atoms with Crippen molar-refractivity contribution in [1.82, 2.24) is 0 Å². The lowest BCUT2D eigenvalue weighted by molar-refractivity contribution is 1.80. The Bertz CT molecular complexity index is 86.9. The lowest BCUT2D eigenvalue weighted by Crippen LogP contribution is -1.21. The summed E-state index contributed by atoms with van der Waals surface area (Å²) in [5.41, 5.74) is 0. The van der Waals surface area contributed by atoms with E-state index in [1.165, 1.54) is 0 Å². The van der Waals surface area contributed by atoms with Crippen molar-refractivity contribution in [3.8, 4) is 0 Å². The molecule has 0 unspecified atom stereocenters. The number of rotatable bonds is 1. The van der Waals surface area contributed by atoms with Crippen molar-refractivity contribution in [2.24, 2.45) is 0 Å². The predicted molar refractivity (Wildman–Crippen MR) is 68.0 cm³/mol. The van der Waals surface area contributed by atoms with Gasteiger partial charge in [0, 0.05) is 0 Å². The molecule has 0 aromatic carbocycles. The number of allylic oxidation sites excluding steroid dienone is 5. The second kappa shape index (κ2) is 73.5. The molecule has 0 aromatic rings. The van der Waals surface area contributed by atoms with Gasteiger partial charge in [0.15, 0.2) is 0 Å². The zero-order valence-corrected chi connectivity index (χ0v) is 9.42. The van der Waals surface area contributed by atoms with E-state index in [0.717, 1.165) is 0 Å². The molecule has 0 amide bonds. The third-order valence-corrected chi connectivity index (χ3v) is 0.167. The standard InChI is InChI=1S/C4H6.3C3H6/c1-3-4-2;3*1-3-2/h3-4H,1-2H2;3*3H,1H2,2H3. The van der Waals surface area contributed by atoms with Gasteiger partial charge in [-0.25, -0.2) is 0 Å². The van der Waals surface area contributed by atoms with Gasteiger partial charge < -0.3 is 0 Å². The molecule has 0 N–H and O–H groups in total. The smallest absolute Gasteiger partial charge is 0.0473 e. The first-order valence-corrected chi connectivity index (χ1v) is 4.11. The van der Waals surface area contributed by atoms with Gasteiger partial charge in [-0.2, -0.15) is 0 Å². The van der Waals surface area contributed by atoms with Crippen LogP contribution in [-0.4, -0.2) is 0 Å². The van der Waals surface area contributed by atoms with Crippen LogP contribution in [0.5, 0.6) is 0 Å². The molecule has 0 bridgehead atoms. The molecule has 0 nitrogen and oxygen atoms in total. The Morgan fingerprint density at radius 1 is 0.538 bits per heavy atom. The molecule has 0 aromatic heterocycles. The highest BCUT2D eigenvalue weighted by molar-refractivity contribution is 4.88. The van der Waals surface area contributed by atoms with Gasteiger partial charge >= 0.3 is 0 Å². The fourth-order valence-electron chi connectivity index (χ4n) is 0.